The quantitative estimate of drug-likeness (QED) is 0.0146. The molecule has 16 nitrogen and oxygen atoms in total. The molecule has 0 spiro atoms. The van der Waals surface area contributed by atoms with Gasteiger partial charge < -0.3 is 34.2 Å². The molecule has 5 atom stereocenters. The highest BCUT2D eigenvalue weighted by molar-refractivity contribution is 7.47. The number of carbonyl (C=O) groups excluding carboxylic acids is 3. The van der Waals surface area contributed by atoms with Gasteiger partial charge in [0, 0.05) is 19.3 Å². The molecule has 0 amide bonds. The Labute approximate surface area is 562 Å². The molecule has 0 bridgehead atoms. The average molecular weight is 1340 g/mol. The molecule has 0 aliphatic rings. The van der Waals surface area contributed by atoms with Gasteiger partial charge in [0.1, 0.15) is 25.4 Å². The second-order valence-electron chi connectivity index (χ2n) is 22.9. The van der Waals surface area contributed by atoms with Gasteiger partial charge in [-0.05, 0) is 135 Å². The zero-order valence-electron chi connectivity index (χ0n) is 57.4. The van der Waals surface area contributed by atoms with Crippen molar-refractivity contribution in [2.24, 2.45) is 0 Å². The molecule has 0 saturated heterocycles. The number of ether oxygens (including phenoxy) is 3. The minimum atomic E-state index is -4.95. The number of phosphoric ester groups is 2. The molecule has 0 fully saturated rings. The Balaban J connectivity index is 4.65. The molecule has 0 radical (unpaired) electrons. The summed E-state index contributed by atoms with van der Waals surface area (Å²) in [6.07, 6.45) is 80.5. The number of carbonyl (C=O) groups is 3. The molecular weight excluding hydrogens is 1220 g/mol. The van der Waals surface area contributed by atoms with E-state index >= 15 is 0 Å². The fourth-order valence-electron chi connectivity index (χ4n) is 8.72. The highest BCUT2D eigenvalue weighted by atomic mass is 31.2. The lowest BCUT2D eigenvalue weighted by atomic mass is 10.1. The molecule has 0 aliphatic heterocycles. The van der Waals surface area contributed by atoms with Gasteiger partial charge in [0.2, 0.25) is 0 Å². The van der Waals surface area contributed by atoms with Crippen LogP contribution in [0, 0.1) is 0 Å². The van der Waals surface area contributed by atoms with Crippen molar-refractivity contribution < 1.29 is 75.8 Å². The van der Waals surface area contributed by atoms with Crippen molar-refractivity contribution in [1.29, 1.82) is 0 Å². The third-order valence-electron chi connectivity index (χ3n) is 14.0. The largest absolute Gasteiger partial charge is 0.472 e. The second-order valence-corrected chi connectivity index (χ2v) is 25.8. The predicted octanol–water partition coefficient (Wildman–Crippen LogP) is 19.8. The van der Waals surface area contributed by atoms with Crippen LogP contribution in [0.2, 0.25) is 0 Å². The van der Waals surface area contributed by atoms with E-state index in [0.29, 0.717) is 25.7 Å². The van der Waals surface area contributed by atoms with E-state index in [2.05, 4.69) is 154 Å². The highest BCUT2D eigenvalue weighted by Crippen LogP contribution is 2.45. The topological polar surface area (TPSA) is 231 Å². The van der Waals surface area contributed by atoms with E-state index in [4.69, 9.17) is 32.3 Å². The van der Waals surface area contributed by atoms with Crippen LogP contribution in [-0.2, 0) is 55.8 Å². The van der Waals surface area contributed by atoms with Crippen molar-refractivity contribution in [1.82, 2.24) is 0 Å². The summed E-state index contributed by atoms with van der Waals surface area (Å²) in [6, 6.07) is 0. The number of unbranched alkanes of at least 4 members (excludes halogenated alkanes) is 18. The summed E-state index contributed by atoms with van der Waals surface area (Å²) in [7, 11) is -9.81. The van der Waals surface area contributed by atoms with Gasteiger partial charge in [0.25, 0.3) is 0 Å². The maximum atomic E-state index is 12.9. The van der Waals surface area contributed by atoms with Crippen LogP contribution in [0.3, 0.4) is 0 Å². The van der Waals surface area contributed by atoms with Crippen LogP contribution in [0.5, 0.6) is 0 Å². The number of aliphatic hydroxyl groups is 2. The van der Waals surface area contributed by atoms with Gasteiger partial charge in [-0.25, -0.2) is 9.13 Å². The Morgan fingerprint density at radius 1 is 0.312 bits per heavy atom. The number of allylic oxidation sites excluding steroid dienone is 24. The predicted molar refractivity (Wildman–Crippen MR) is 380 cm³/mol. The Hall–Kier alpha value is -4.57. The zero-order valence-corrected chi connectivity index (χ0v) is 59.2. The molecule has 0 saturated carbocycles. The smallest absolute Gasteiger partial charge is 0.463 e. The summed E-state index contributed by atoms with van der Waals surface area (Å²) in [4.78, 5) is 58.4. The van der Waals surface area contributed by atoms with Gasteiger partial charge in [-0.2, -0.15) is 0 Å². The van der Waals surface area contributed by atoms with E-state index in [1.807, 2.05) is 12.2 Å². The number of esters is 3. The van der Waals surface area contributed by atoms with Crippen LogP contribution >= 0.6 is 15.6 Å². The van der Waals surface area contributed by atoms with E-state index < -0.39 is 91.5 Å². The van der Waals surface area contributed by atoms with Crippen LogP contribution in [0.15, 0.2) is 146 Å². The highest BCUT2D eigenvalue weighted by Gasteiger charge is 2.29. The summed E-state index contributed by atoms with van der Waals surface area (Å²) in [5.41, 5.74) is 0. The molecule has 0 rings (SSSR count). The first-order chi connectivity index (χ1) is 45.2. The average Bonchev–Trinajstić information content (AvgIpc) is 2.84. The van der Waals surface area contributed by atoms with Crippen LogP contribution < -0.4 is 0 Å². The van der Waals surface area contributed by atoms with Crippen molar-refractivity contribution in [3.8, 4) is 0 Å². The fourth-order valence-corrected chi connectivity index (χ4v) is 10.3. The second kappa shape index (κ2) is 67.4. The summed E-state index contributed by atoms with van der Waals surface area (Å²) >= 11 is 0. The van der Waals surface area contributed by atoms with Crippen molar-refractivity contribution in [3.63, 3.8) is 0 Å². The summed E-state index contributed by atoms with van der Waals surface area (Å²) in [5, 5.41) is 20.6. The lowest BCUT2D eigenvalue weighted by Gasteiger charge is -2.21. The molecule has 4 N–H and O–H groups in total. The van der Waals surface area contributed by atoms with Crippen LogP contribution in [0.25, 0.3) is 0 Å². The van der Waals surface area contributed by atoms with E-state index in [9.17, 15) is 43.5 Å². The molecule has 530 valence electrons. The molecule has 18 heteroatoms. The first kappa shape index (κ1) is 88.4. The van der Waals surface area contributed by atoms with Crippen LogP contribution in [0.4, 0.5) is 0 Å². The molecular formula is C75H124O16P2. The lowest BCUT2D eigenvalue weighted by Crippen LogP contribution is -2.30. The SMILES string of the molecule is CC/C=C\C/C=C\C/C=C\C/C=C\C/C=C\CCCCCCCCCCCC(=O)OCC(O)COP(=O)(O)OCC(O)COP(=O)(O)OCC(COC(=O)CCC/C=C\C/C=C\C/C=C\C/C=C\C/C=C\CC)OC(=O)CCCCCCC/C=C\C/C=C\CCCCC. The van der Waals surface area contributed by atoms with Crippen molar-refractivity contribution in [2.75, 3.05) is 39.6 Å². The Morgan fingerprint density at radius 3 is 0.946 bits per heavy atom. The minimum absolute atomic E-state index is 0.0720. The Morgan fingerprint density at radius 2 is 0.581 bits per heavy atom. The standard InChI is InChI=1S/C75H124O16P2/c1-4-7-10-13-16-19-22-25-28-30-31-32-33-34-35-36-37-39-42-43-46-49-52-55-58-61-73(78)85-64-70(76)65-87-92(81,82)88-66-71(77)67-89-93(83,84)90-69-72(91-75(80)63-60-57-54-51-48-45-40-27-24-21-18-15-12-9-6-3)68-86-74(79)62-59-56-53-50-47-44-41-38-29-26-23-20-17-14-11-8-5-2/h7-8,10-11,16-21,25-29,31-32,34-35,40-41,44,50,53,70-72,76-77H,4-6,9,12-15,22-24,30,33,36-39,42-43,45-49,51-52,54-69H2,1-3H3,(H,81,82)(H,83,84)/b10-7-,11-8-,19-16-,20-17-,21-18-,28-25-,29-26-,32-31-,35-34-,40-27-,44-41-,53-50-. The van der Waals surface area contributed by atoms with Gasteiger partial charge in [-0.1, -0.05) is 244 Å². The molecule has 0 aromatic heterocycles. The first-order valence-electron chi connectivity index (χ1n) is 35.1. The molecule has 5 unspecified atom stereocenters. The number of hydrogen-bond acceptors (Lipinski definition) is 14. The maximum Gasteiger partial charge on any atom is 0.472 e. The number of phosphoric acid groups is 2. The summed E-state index contributed by atoms with van der Waals surface area (Å²) in [5.74, 6) is -1.67. The number of aliphatic hydroxyl groups excluding tert-OH is 2. The number of rotatable bonds is 65. The molecule has 0 heterocycles. The zero-order chi connectivity index (χ0) is 68.1. The van der Waals surface area contributed by atoms with Gasteiger partial charge in [-0.3, -0.25) is 32.5 Å². The van der Waals surface area contributed by atoms with E-state index in [1.165, 1.54) is 44.9 Å². The van der Waals surface area contributed by atoms with E-state index in [0.717, 1.165) is 141 Å². The van der Waals surface area contributed by atoms with Crippen molar-refractivity contribution >= 4 is 33.6 Å². The van der Waals surface area contributed by atoms with E-state index in [-0.39, 0.29) is 19.3 Å². The molecule has 0 aromatic carbocycles. The fraction of sp³-hybridized carbons (Fsp3) is 0.640. The van der Waals surface area contributed by atoms with Gasteiger partial charge in [0.05, 0.1) is 26.4 Å². The van der Waals surface area contributed by atoms with Crippen LogP contribution in [-0.4, -0.2) is 95.9 Å². The monoisotopic (exact) mass is 1340 g/mol. The lowest BCUT2D eigenvalue weighted by molar-refractivity contribution is -0.161. The normalized spacial score (nSPS) is 15.0. The van der Waals surface area contributed by atoms with Gasteiger partial charge in [0.15, 0.2) is 6.10 Å². The van der Waals surface area contributed by atoms with Crippen LogP contribution in [0.1, 0.15) is 252 Å². The molecule has 93 heavy (non-hydrogen) atoms. The van der Waals surface area contributed by atoms with Gasteiger partial charge >= 0.3 is 33.6 Å². The molecule has 0 aromatic rings. The third-order valence-corrected chi connectivity index (χ3v) is 15.9. The minimum Gasteiger partial charge on any atom is -0.463 e. The van der Waals surface area contributed by atoms with Crippen molar-refractivity contribution in [2.45, 2.75) is 270 Å². The van der Waals surface area contributed by atoms with Gasteiger partial charge in [-0.15, -0.1) is 0 Å². The Bertz CT molecular complexity index is 2280. The first-order valence-corrected chi connectivity index (χ1v) is 38.1. The Kier molecular flexibility index (Phi) is 64.1. The number of hydrogen-bond donors (Lipinski definition) is 4. The maximum absolute atomic E-state index is 12.9. The molecule has 0 aliphatic carbocycles. The van der Waals surface area contributed by atoms with Crippen molar-refractivity contribution in [3.05, 3.63) is 146 Å². The summed E-state index contributed by atoms with van der Waals surface area (Å²) in [6.45, 7) is 2.30. The third kappa shape index (κ3) is 68.6. The summed E-state index contributed by atoms with van der Waals surface area (Å²) < 4.78 is 60.8. The van der Waals surface area contributed by atoms with E-state index in [1.54, 1.807) is 0 Å².